The Morgan fingerprint density at radius 1 is 1.21 bits per heavy atom. The van der Waals surface area contributed by atoms with Crippen molar-refractivity contribution in [2.24, 2.45) is 5.73 Å². The summed E-state index contributed by atoms with van der Waals surface area (Å²) in [7, 11) is 0. The quantitative estimate of drug-likeness (QED) is 0.754. The zero-order valence-corrected chi connectivity index (χ0v) is 16.5. The van der Waals surface area contributed by atoms with E-state index in [9.17, 15) is 10.1 Å². The molecule has 1 aromatic carbocycles. The van der Waals surface area contributed by atoms with E-state index in [-0.39, 0.29) is 23.8 Å². The van der Waals surface area contributed by atoms with Gasteiger partial charge >= 0.3 is 0 Å². The van der Waals surface area contributed by atoms with Crippen molar-refractivity contribution in [2.45, 2.75) is 31.8 Å². The van der Waals surface area contributed by atoms with E-state index in [1.165, 1.54) is 0 Å². The Bertz CT molecular complexity index is 1030. The molecule has 2 heterocycles. The number of ketones is 1. The van der Waals surface area contributed by atoms with Crippen LogP contribution in [0.5, 0.6) is 5.75 Å². The highest BCUT2D eigenvalue weighted by Gasteiger charge is 2.39. The van der Waals surface area contributed by atoms with Gasteiger partial charge in [0, 0.05) is 22.9 Å². The second-order valence-electron chi connectivity index (χ2n) is 6.59. The van der Waals surface area contributed by atoms with E-state index < -0.39 is 5.92 Å². The summed E-state index contributed by atoms with van der Waals surface area (Å²) in [6.07, 6.45) is 1.76. The van der Waals surface area contributed by atoms with Crippen molar-refractivity contribution in [2.75, 3.05) is 0 Å². The molecule has 1 atom stereocenters. The number of ether oxygens (including phenoxy) is 2. The van der Waals surface area contributed by atoms with Crippen LogP contribution >= 0.6 is 15.9 Å². The highest BCUT2D eigenvalue weighted by Crippen LogP contribution is 2.43. The van der Waals surface area contributed by atoms with E-state index in [2.05, 4.69) is 22.0 Å². The molecule has 0 fully saturated rings. The van der Waals surface area contributed by atoms with Crippen LogP contribution in [0.4, 0.5) is 0 Å². The standard InChI is InChI=1S/C21H17BrN2O4/c22-12-4-6-13(7-5-12)26-11-14-8-9-18(27-14)19-15(10-23)21(24)28-17-3-1-2-16(25)20(17)19/h4-9,19H,1-3,11,24H2. The minimum absolute atomic E-state index is 0.0319. The minimum atomic E-state index is -0.636. The average Bonchev–Trinajstić information content (AvgIpc) is 3.15. The molecule has 0 saturated carbocycles. The third-order valence-electron chi connectivity index (χ3n) is 4.77. The molecule has 1 aliphatic carbocycles. The molecule has 142 valence electrons. The lowest BCUT2D eigenvalue weighted by Crippen LogP contribution is -2.27. The molecule has 0 radical (unpaired) electrons. The Balaban J connectivity index is 1.61. The summed E-state index contributed by atoms with van der Waals surface area (Å²) in [5.41, 5.74) is 6.62. The lowest BCUT2D eigenvalue weighted by atomic mass is 9.80. The average molecular weight is 441 g/mol. The van der Waals surface area contributed by atoms with Crippen molar-refractivity contribution in [1.82, 2.24) is 0 Å². The number of nitriles is 1. The molecule has 2 aromatic rings. The maximum absolute atomic E-state index is 12.5. The summed E-state index contributed by atoms with van der Waals surface area (Å²) in [4.78, 5) is 12.5. The van der Waals surface area contributed by atoms with Gasteiger partial charge in [-0.2, -0.15) is 5.26 Å². The Kier molecular flexibility index (Phi) is 4.97. The number of nitrogens with zero attached hydrogens (tertiary/aromatic N) is 1. The number of carbonyl (C=O) groups excluding carboxylic acids is 1. The van der Waals surface area contributed by atoms with Crippen molar-refractivity contribution in [3.05, 3.63) is 75.2 Å². The number of hydrogen-bond acceptors (Lipinski definition) is 6. The van der Waals surface area contributed by atoms with Gasteiger partial charge in [-0.25, -0.2) is 0 Å². The van der Waals surface area contributed by atoms with Crippen LogP contribution in [0.2, 0.25) is 0 Å². The molecule has 4 rings (SSSR count). The van der Waals surface area contributed by atoms with Gasteiger partial charge in [0.1, 0.15) is 41.3 Å². The van der Waals surface area contributed by atoms with Gasteiger partial charge in [-0.3, -0.25) is 4.79 Å². The predicted octanol–water partition coefficient (Wildman–Crippen LogP) is 4.44. The molecule has 0 amide bonds. The molecular weight excluding hydrogens is 424 g/mol. The topological polar surface area (TPSA) is 98.5 Å². The van der Waals surface area contributed by atoms with Gasteiger partial charge in [0.15, 0.2) is 5.78 Å². The largest absolute Gasteiger partial charge is 0.486 e. The summed E-state index contributed by atoms with van der Waals surface area (Å²) >= 11 is 3.38. The SMILES string of the molecule is N#CC1=C(N)OC2=C(C(=O)CCC2)C1c1ccc(COc2ccc(Br)cc2)o1. The maximum Gasteiger partial charge on any atom is 0.205 e. The predicted molar refractivity (Wildman–Crippen MR) is 104 cm³/mol. The third kappa shape index (κ3) is 3.43. The van der Waals surface area contributed by atoms with Crippen LogP contribution in [-0.4, -0.2) is 5.78 Å². The maximum atomic E-state index is 12.5. The number of halogens is 1. The van der Waals surface area contributed by atoms with E-state index in [1.54, 1.807) is 12.1 Å². The fourth-order valence-corrected chi connectivity index (χ4v) is 3.72. The first-order valence-electron chi connectivity index (χ1n) is 8.87. The fraction of sp³-hybridized carbons (Fsp3) is 0.238. The van der Waals surface area contributed by atoms with Gasteiger partial charge in [0.05, 0.1) is 5.92 Å². The molecule has 2 N–H and O–H groups in total. The molecule has 6 nitrogen and oxygen atoms in total. The van der Waals surface area contributed by atoms with Gasteiger partial charge in [-0.15, -0.1) is 0 Å². The van der Waals surface area contributed by atoms with E-state index in [0.717, 1.165) is 4.47 Å². The number of benzene rings is 1. The number of hydrogen-bond donors (Lipinski definition) is 1. The first kappa shape index (κ1) is 18.4. The third-order valence-corrected chi connectivity index (χ3v) is 5.30. The normalized spacial score (nSPS) is 19.1. The number of nitrogens with two attached hydrogens (primary N) is 1. The molecule has 0 bridgehead atoms. The zero-order valence-electron chi connectivity index (χ0n) is 14.9. The summed E-state index contributed by atoms with van der Waals surface area (Å²) in [6, 6.07) is 13.1. The first-order valence-corrected chi connectivity index (χ1v) is 9.67. The zero-order chi connectivity index (χ0) is 19.7. The van der Waals surface area contributed by atoms with Crippen LogP contribution < -0.4 is 10.5 Å². The van der Waals surface area contributed by atoms with Crippen molar-refractivity contribution in [3.63, 3.8) is 0 Å². The number of furan rings is 1. The summed E-state index contributed by atoms with van der Waals surface area (Å²) in [5, 5.41) is 9.58. The molecule has 0 spiro atoms. The van der Waals surface area contributed by atoms with Crippen LogP contribution in [0.1, 0.15) is 36.7 Å². The first-order chi connectivity index (χ1) is 13.6. The lowest BCUT2D eigenvalue weighted by Gasteiger charge is -2.29. The Morgan fingerprint density at radius 3 is 2.75 bits per heavy atom. The van der Waals surface area contributed by atoms with Crippen LogP contribution in [0.25, 0.3) is 0 Å². The van der Waals surface area contributed by atoms with Crippen LogP contribution in [-0.2, 0) is 16.1 Å². The van der Waals surface area contributed by atoms with E-state index in [1.807, 2.05) is 24.3 Å². The lowest BCUT2D eigenvalue weighted by molar-refractivity contribution is -0.116. The molecular formula is C21H17BrN2O4. The van der Waals surface area contributed by atoms with Gasteiger partial charge in [-0.1, -0.05) is 15.9 Å². The van der Waals surface area contributed by atoms with Crippen LogP contribution in [0.3, 0.4) is 0 Å². The van der Waals surface area contributed by atoms with Gasteiger partial charge in [0.2, 0.25) is 5.88 Å². The summed E-state index contributed by atoms with van der Waals surface area (Å²) in [5.74, 6) is 1.69. The van der Waals surface area contributed by atoms with Crippen molar-refractivity contribution in [3.8, 4) is 11.8 Å². The molecule has 7 heteroatoms. The number of rotatable bonds is 4. The van der Waals surface area contributed by atoms with Crippen molar-refractivity contribution >= 4 is 21.7 Å². The molecule has 28 heavy (non-hydrogen) atoms. The minimum Gasteiger partial charge on any atom is -0.486 e. The molecule has 1 aromatic heterocycles. The highest BCUT2D eigenvalue weighted by atomic mass is 79.9. The van der Waals surface area contributed by atoms with Crippen LogP contribution in [0.15, 0.2) is 68.1 Å². The number of carbonyl (C=O) groups is 1. The Morgan fingerprint density at radius 2 is 2.00 bits per heavy atom. The van der Waals surface area contributed by atoms with Crippen molar-refractivity contribution < 1.29 is 18.7 Å². The Hall–Kier alpha value is -2.98. The van der Waals surface area contributed by atoms with Gasteiger partial charge in [0.25, 0.3) is 0 Å². The number of allylic oxidation sites excluding steroid dienone is 3. The monoisotopic (exact) mass is 440 g/mol. The molecule has 1 aliphatic heterocycles. The number of Topliss-reactive ketones (excluding diaryl/α,β-unsaturated/α-hetero) is 1. The summed E-state index contributed by atoms with van der Waals surface area (Å²) in [6.45, 7) is 0.228. The molecule has 2 aliphatic rings. The van der Waals surface area contributed by atoms with E-state index >= 15 is 0 Å². The Labute approximate surface area is 170 Å². The second-order valence-corrected chi connectivity index (χ2v) is 7.50. The van der Waals surface area contributed by atoms with Gasteiger partial charge < -0.3 is 19.6 Å². The fourth-order valence-electron chi connectivity index (χ4n) is 3.45. The highest BCUT2D eigenvalue weighted by molar-refractivity contribution is 9.10. The van der Waals surface area contributed by atoms with E-state index in [0.29, 0.717) is 47.9 Å². The second kappa shape index (κ2) is 7.56. The molecule has 1 unspecified atom stereocenters. The van der Waals surface area contributed by atoms with E-state index in [4.69, 9.17) is 19.6 Å². The van der Waals surface area contributed by atoms with Crippen LogP contribution in [0, 0.1) is 11.3 Å². The van der Waals surface area contributed by atoms with Crippen molar-refractivity contribution in [1.29, 1.82) is 5.26 Å². The smallest absolute Gasteiger partial charge is 0.205 e. The van der Waals surface area contributed by atoms with Gasteiger partial charge in [-0.05, 0) is 42.8 Å². The molecule has 0 saturated heterocycles. The summed E-state index contributed by atoms with van der Waals surface area (Å²) < 4.78 is 18.2.